The molecular weight excluding hydrogens is 423 g/mol. The van der Waals surface area contributed by atoms with Crippen molar-refractivity contribution in [1.82, 2.24) is 4.90 Å². The summed E-state index contributed by atoms with van der Waals surface area (Å²) in [5.41, 5.74) is 0.717. The topological polar surface area (TPSA) is 49.4 Å². The van der Waals surface area contributed by atoms with E-state index in [0.717, 1.165) is 5.56 Å². The van der Waals surface area contributed by atoms with E-state index in [1.54, 1.807) is 24.3 Å². The van der Waals surface area contributed by atoms with Crippen LogP contribution in [0.15, 0.2) is 60.0 Å². The van der Waals surface area contributed by atoms with Gasteiger partial charge in [0, 0.05) is 28.7 Å². The monoisotopic (exact) mass is 440 g/mol. The predicted octanol–water partition coefficient (Wildman–Crippen LogP) is 4.92. The molecule has 2 aliphatic heterocycles. The van der Waals surface area contributed by atoms with Crippen LogP contribution in [0.25, 0.3) is 0 Å². The maximum absolute atomic E-state index is 14.3. The van der Waals surface area contributed by atoms with Crippen LogP contribution in [0.2, 0.25) is 5.02 Å². The molecule has 0 aliphatic carbocycles. The lowest BCUT2D eigenvalue weighted by atomic mass is 9.71. The van der Waals surface area contributed by atoms with Crippen LogP contribution < -0.4 is 5.32 Å². The Morgan fingerprint density at radius 1 is 1.23 bits per heavy atom. The maximum Gasteiger partial charge on any atom is 0.250 e. The van der Waals surface area contributed by atoms with Crippen molar-refractivity contribution in [1.29, 1.82) is 0 Å². The fraction of sp³-hybridized carbons (Fsp3) is 0.217. The highest BCUT2D eigenvalue weighted by Gasteiger charge is 2.64. The van der Waals surface area contributed by atoms with Gasteiger partial charge in [0.15, 0.2) is 5.78 Å². The number of likely N-dealkylation sites (tertiary alicyclic amines) is 1. The molecule has 1 N–H and O–H groups in total. The van der Waals surface area contributed by atoms with Gasteiger partial charge >= 0.3 is 0 Å². The standard InChI is InChI=1S/C23H18ClFN2O2S/c1-27-12-16(13-4-6-14(24)7-5-13)20(21(28)19-3-2-10-30-19)23(27)17-11-15(25)8-9-18(17)26-22(23)29/h2-11,16,20H,12H2,1H3,(H,26,29)/t16-,20-,23-/m1/s1. The van der Waals surface area contributed by atoms with Crippen molar-refractivity contribution in [2.24, 2.45) is 5.92 Å². The number of hydrogen-bond donors (Lipinski definition) is 1. The molecule has 3 aromatic rings. The summed E-state index contributed by atoms with van der Waals surface area (Å²) in [5, 5.41) is 5.33. The van der Waals surface area contributed by atoms with E-state index in [-0.39, 0.29) is 17.6 Å². The number of hydrogen-bond acceptors (Lipinski definition) is 4. The molecule has 0 saturated carbocycles. The summed E-state index contributed by atoms with van der Waals surface area (Å²) in [4.78, 5) is 29.7. The highest BCUT2D eigenvalue weighted by molar-refractivity contribution is 7.12. The molecular formula is C23H18ClFN2O2S. The molecule has 1 amide bonds. The van der Waals surface area contributed by atoms with Crippen LogP contribution in [0.4, 0.5) is 10.1 Å². The van der Waals surface area contributed by atoms with Crippen LogP contribution in [-0.2, 0) is 10.3 Å². The Kier molecular flexibility index (Phi) is 4.54. The number of Topliss-reactive ketones (excluding diaryl/α,β-unsaturated/α-hetero) is 1. The third-order valence-corrected chi connectivity index (χ3v) is 7.39. The zero-order chi connectivity index (χ0) is 21.0. The number of amides is 1. The molecule has 1 saturated heterocycles. The number of thiophene rings is 1. The fourth-order valence-corrected chi connectivity index (χ4v) is 5.82. The zero-order valence-corrected chi connectivity index (χ0v) is 17.6. The summed E-state index contributed by atoms with van der Waals surface area (Å²) < 4.78 is 14.3. The second-order valence-electron chi connectivity index (χ2n) is 7.77. The van der Waals surface area contributed by atoms with Crippen LogP contribution in [0.3, 0.4) is 0 Å². The van der Waals surface area contributed by atoms with E-state index in [9.17, 15) is 14.0 Å². The molecule has 0 bridgehead atoms. The Labute approximate surface area is 182 Å². The highest BCUT2D eigenvalue weighted by Crippen LogP contribution is 2.55. The first-order chi connectivity index (χ1) is 14.4. The average molecular weight is 441 g/mol. The molecule has 3 heterocycles. The number of benzene rings is 2. The molecule has 1 spiro atoms. The molecule has 30 heavy (non-hydrogen) atoms. The van der Waals surface area contributed by atoms with Crippen molar-refractivity contribution in [2.75, 3.05) is 18.9 Å². The Morgan fingerprint density at radius 3 is 2.70 bits per heavy atom. The Morgan fingerprint density at radius 2 is 2.00 bits per heavy atom. The average Bonchev–Trinajstić information content (AvgIpc) is 3.42. The number of fused-ring (bicyclic) bond motifs is 2. The van der Waals surface area contributed by atoms with Gasteiger partial charge in [-0.2, -0.15) is 0 Å². The number of ketones is 1. The SMILES string of the molecule is CN1C[C@H](c2ccc(Cl)cc2)[C@H](C(=O)c2cccs2)[C@]12C(=O)Nc1ccc(F)cc12. The van der Waals surface area contributed by atoms with Gasteiger partial charge in [-0.1, -0.05) is 29.8 Å². The van der Waals surface area contributed by atoms with Gasteiger partial charge in [0.1, 0.15) is 11.4 Å². The molecule has 1 fully saturated rings. The van der Waals surface area contributed by atoms with Crippen LogP contribution in [0, 0.1) is 11.7 Å². The van der Waals surface area contributed by atoms with Crippen LogP contribution >= 0.6 is 22.9 Å². The van der Waals surface area contributed by atoms with Gasteiger partial charge in [-0.15, -0.1) is 11.3 Å². The summed E-state index contributed by atoms with van der Waals surface area (Å²) in [5.74, 6) is -1.79. The number of carbonyl (C=O) groups excluding carboxylic acids is 2. The minimum atomic E-state index is -1.27. The van der Waals surface area contributed by atoms with Gasteiger partial charge in [0.05, 0.1) is 10.8 Å². The number of nitrogens with one attached hydrogen (secondary N) is 1. The van der Waals surface area contributed by atoms with Gasteiger partial charge in [0.25, 0.3) is 0 Å². The molecule has 0 unspecified atom stereocenters. The van der Waals surface area contributed by atoms with Crippen LogP contribution in [0.1, 0.15) is 26.7 Å². The second-order valence-corrected chi connectivity index (χ2v) is 9.15. The molecule has 0 radical (unpaired) electrons. The number of carbonyl (C=O) groups is 2. The van der Waals surface area contributed by atoms with Gasteiger partial charge in [-0.3, -0.25) is 14.5 Å². The molecule has 1 aromatic heterocycles. The smallest absolute Gasteiger partial charge is 0.250 e. The number of likely N-dealkylation sites (N-methyl/N-ethyl adjacent to an activating group) is 1. The van der Waals surface area contributed by atoms with Gasteiger partial charge < -0.3 is 5.32 Å². The van der Waals surface area contributed by atoms with Crippen LogP contribution in [-0.4, -0.2) is 30.2 Å². The summed E-state index contributed by atoms with van der Waals surface area (Å²) in [6.07, 6.45) is 0. The van der Waals surface area contributed by atoms with Crippen molar-refractivity contribution in [2.45, 2.75) is 11.5 Å². The van der Waals surface area contributed by atoms with Gasteiger partial charge in [-0.05, 0) is 54.4 Å². The fourth-order valence-electron chi connectivity index (χ4n) is 4.99. The summed E-state index contributed by atoms with van der Waals surface area (Å²) in [6, 6.07) is 15.2. The minimum absolute atomic E-state index is 0.110. The van der Waals surface area contributed by atoms with Gasteiger partial charge in [-0.25, -0.2) is 4.39 Å². The van der Waals surface area contributed by atoms with E-state index < -0.39 is 17.3 Å². The van der Waals surface area contributed by atoms with E-state index in [1.807, 2.05) is 35.5 Å². The molecule has 152 valence electrons. The Balaban J connectivity index is 1.74. The van der Waals surface area contributed by atoms with Crippen molar-refractivity contribution < 1.29 is 14.0 Å². The van der Waals surface area contributed by atoms with Crippen molar-refractivity contribution in [3.8, 4) is 0 Å². The number of anilines is 1. The molecule has 2 aliphatic rings. The quantitative estimate of drug-likeness (QED) is 0.588. The maximum atomic E-state index is 14.3. The van der Waals surface area contributed by atoms with E-state index in [4.69, 9.17) is 11.6 Å². The van der Waals surface area contributed by atoms with Crippen molar-refractivity contribution in [3.05, 3.63) is 86.8 Å². The first kappa shape index (κ1) is 19.4. The first-order valence-corrected chi connectivity index (χ1v) is 10.8. The van der Waals surface area contributed by atoms with E-state index in [0.29, 0.717) is 27.7 Å². The number of nitrogens with zero attached hydrogens (tertiary/aromatic N) is 1. The Hall–Kier alpha value is -2.54. The minimum Gasteiger partial charge on any atom is -0.324 e. The number of rotatable bonds is 3. The lowest BCUT2D eigenvalue weighted by Crippen LogP contribution is -2.51. The lowest BCUT2D eigenvalue weighted by molar-refractivity contribution is -0.126. The molecule has 4 nitrogen and oxygen atoms in total. The Bertz CT molecular complexity index is 1150. The largest absolute Gasteiger partial charge is 0.324 e. The van der Waals surface area contributed by atoms with Crippen molar-refractivity contribution >= 4 is 40.3 Å². The van der Waals surface area contributed by atoms with E-state index >= 15 is 0 Å². The zero-order valence-electron chi connectivity index (χ0n) is 16.1. The summed E-state index contributed by atoms with van der Waals surface area (Å²) >= 11 is 7.43. The van der Waals surface area contributed by atoms with Gasteiger partial charge in [0.2, 0.25) is 5.91 Å². The lowest BCUT2D eigenvalue weighted by Gasteiger charge is -2.35. The number of halogens is 2. The first-order valence-electron chi connectivity index (χ1n) is 9.59. The third kappa shape index (κ3) is 2.68. The second kappa shape index (κ2) is 7.01. The van der Waals surface area contributed by atoms with E-state index in [1.165, 1.54) is 23.5 Å². The molecule has 2 aromatic carbocycles. The third-order valence-electron chi connectivity index (χ3n) is 6.26. The molecule has 7 heteroatoms. The normalized spacial score (nSPS) is 25.5. The summed E-state index contributed by atoms with van der Waals surface area (Å²) in [6.45, 7) is 0.479. The van der Waals surface area contributed by atoms with Crippen molar-refractivity contribution in [3.63, 3.8) is 0 Å². The van der Waals surface area contributed by atoms with Crippen LogP contribution in [0.5, 0.6) is 0 Å². The molecule has 3 atom stereocenters. The highest BCUT2D eigenvalue weighted by atomic mass is 35.5. The summed E-state index contributed by atoms with van der Waals surface area (Å²) in [7, 11) is 1.82. The molecule has 5 rings (SSSR count). The predicted molar refractivity (Wildman–Crippen MR) is 116 cm³/mol. The van der Waals surface area contributed by atoms with E-state index in [2.05, 4.69) is 5.32 Å².